The maximum absolute atomic E-state index is 9.68. The van der Waals surface area contributed by atoms with Crippen molar-refractivity contribution < 1.29 is 24.5 Å². The van der Waals surface area contributed by atoms with Crippen LogP contribution in [0.3, 0.4) is 0 Å². The Hall–Kier alpha value is -2.03. The third-order valence-corrected chi connectivity index (χ3v) is 8.43. The van der Waals surface area contributed by atoms with Crippen molar-refractivity contribution in [3.8, 4) is 11.5 Å². The molecule has 3 aliphatic heterocycles. The second kappa shape index (κ2) is 9.79. The lowest BCUT2D eigenvalue weighted by atomic mass is 9.78. The number of oxime groups is 1. The summed E-state index contributed by atoms with van der Waals surface area (Å²) in [5, 5.41) is 23.8. The molecule has 0 amide bonds. The molecule has 0 bridgehead atoms. The Morgan fingerprint density at radius 2 is 1.71 bits per heavy atom. The van der Waals surface area contributed by atoms with E-state index in [0.717, 1.165) is 69.3 Å². The van der Waals surface area contributed by atoms with E-state index in [1.165, 1.54) is 30.4 Å². The fraction of sp³-hybridized carbons (Fsp3) is 0.741. The molecule has 5 rings (SSSR count). The van der Waals surface area contributed by atoms with Gasteiger partial charge in [0.25, 0.3) is 0 Å². The molecule has 3 fully saturated rings. The van der Waals surface area contributed by atoms with Crippen molar-refractivity contribution >= 4 is 5.84 Å². The number of likely N-dealkylation sites (tertiary alicyclic amines) is 2. The number of hydrogen-bond acceptors (Lipinski definition) is 8. The maximum Gasteiger partial charge on any atom is 0.170 e. The summed E-state index contributed by atoms with van der Waals surface area (Å²) in [7, 11) is 0. The summed E-state index contributed by atoms with van der Waals surface area (Å²) in [4.78, 5) is 10.6. The number of piperidine rings is 1. The predicted molar refractivity (Wildman–Crippen MR) is 134 cm³/mol. The highest BCUT2D eigenvalue weighted by atomic mass is 16.7. The van der Waals surface area contributed by atoms with E-state index in [1.54, 1.807) is 0 Å². The molecule has 1 aliphatic carbocycles. The minimum Gasteiger partial charge on any atom is -0.493 e. The summed E-state index contributed by atoms with van der Waals surface area (Å²) in [6.45, 7) is 11.4. The molecule has 0 aromatic heterocycles. The lowest BCUT2D eigenvalue weighted by Crippen LogP contribution is -2.61. The first kappa shape index (κ1) is 24.7. The zero-order chi connectivity index (χ0) is 24.6. The van der Waals surface area contributed by atoms with Crippen LogP contribution in [0.1, 0.15) is 76.3 Å². The molecular formula is C27H41N3O5. The van der Waals surface area contributed by atoms with Crippen LogP contribution >= 0.6 is 0 Å². The Kier molecular flexibility index (Phi) is 6.90. The van der Waals surface area contributed by atoms with Gasteiger partial charge in [-0.25, -0.2) is 0 Å². The van der Waals surface area contributed by atoms with Crippen molar-refractivity contribution in [1.29, 1.82) is 0 Å². The largest absolute Gasteiger partial charge is 0.493 e. The van der Waals surface area contributed by atoms with E-state index in [1.807, 2.05) is 20.8 Å². The molecule has 1 spiro atoms. The molecule has 35 heavy (non-hydrogen) atoms. The topological polar surface area (TPSA) is 87.0 Å². The average molecular weight is 488 g/mol. The molecule has 4 aliphatic rings. The molecule has 2 saturated heterocycles. The lowest BCUT2D eigenvalue weighted by Gasteiger charge is -2.46. The normalized spacial score (nSPS) is 23.6. The molecule has 0 atom stereocenters. The second-order valence-electron chi connectivity index (χ2n) is 11.1. The molecule has 8 heteroatoms. The number of aliphatic hydroxyl groups is 2. The van der Waals surface area contributed by atoms with E-state index < -0.39 is 11.7 Å². The summed E-state index contributed by atoms with van der Waals surface area (Å²) in [6, 6.07) is 4.42. The third kappa shape index (κ3) is 4.85. The van der Waals surface area contributed by atoms with Crippen molar-refractivity contribution in [3.63, 3.8) is 0 Å². The standard InChI is InChI=1S/C27H41N3O5/c1-4-33-21-13-19(14-22(34-5-2)24(21)20-7-6-8-20)16-29-17-27(18-29)15-23(28-35-27)30-11-9-26(3,10-12-30)25(31)32/h13-14,20,25,31-32H,4-12,15-18H2,1-3H3. The number of hydrogen-bond donors (Lipinski definition) is 2. The van der Waals surface area contributed by atoms with Gasteiger partial charge in [0.2, 0.25) is 0 Å². The zero-order valence-electron chi connectivity index (χ0n) is 21.5. The van der Waals surface area contributed by atoms with Crippen LogP contribution in [0.4, 0.5) is 0 Å². The first-order valence-electron chi connectivity index (χ1n) is 13.4. The fourth-order valence-electron chi connectivity index (χ4n) is 5.91. The minimum atomic E-state index is -1.27. The molecule has 194 valence electrons. The van der Waals surface area contributed by atoms with E-state index in [4.69, 9.17) is 14.3 Å². The van der Waals surface area contributed by atoms with Crippen LogP contribution in [0.2, 0.25) is 0 Å². The van der Waals surface area contributed by atoms with Crippen molar-refractivity contribution in [1.82, 2.24) is 9.80 Å². The van der Waals surface area contributed by atoms with E-state index in [-0.39, 0.29) is 5.60 Å². The van der Waals surface area contributed by atoms with Crippen LogP contribution in [-0.4, -0.2) is 77.1 Å². The molecule has 0 radical (unpaired) electrons. The van der Waals surface area contributed by atoms with Crippen molar-refractivity contribution in [3.05, 3.63) is 23.3 Å². The Balaban J connectivity index is 1.19. The monoisotopic (exact) mass is 487 g/mol. The number of nitrogens with zero attached hydrogens (tertiary/aromatic N) is 3. The van der Waals surface area contributed by atoms with Gasteiger partial charge in [0.05, 0.1) is 19.6 Å². The smallest absolute Gasteiger partial charge is 0.170 e. The Bertz CT molecular complexity index is 904. The summed E-state index contributed by atoms with van der Waals surface area (Å²) in [5.41, 5.74) is 1.81. The van der Waals surface area contributed by atoms with Crippen LogP contribution in [0, 0.1) is 5.41 Å². The zero-order valence-corrected chi connectivity index (χ0v) is 21.5. The Morgan fingerprint density at radius 1 is 1.09 bits per heavy atom. The molecule has 2 N–H and O–H groups in total. The van der Waals surface area contributed by atoms with Crippen LogP contribution in [0.25, 0.3) is 0 Å². The van der Waals surface area contributed by atoms with Gasteiger partial charge in [0.15, 0.2) is 11.9 Å². The van der Waals surface area contributed by atoms with Gasteiger partial charge in [-0.3, -0.25) is 4.90 Å². The molecule has 0 unspecified atom stereocenters. The Morgan fingerprint density at radius 3 is 2.23 bits per heavy atom. The molecular weight excluding hydrogens is 446 g/mol. The van der Waals surface area contributed by atoms with Crippen LogP contribution in [-0.2, 0) is 11.4 Å². The van der Waals surface area contributed by atoms with E-state index in [9.17, 15) is 10.2 Å². The molecule has 1 saturated carbocycles. The predicted octanol–water partition coefficient (Wildman–Crippen LogP) is 3.45. The summed E-state index contributed by atoms with van der Waals surface area (Å²) >= 11 is 0. The van der Waals surface area contributed by atoms with E-state index in [0.29, 0.717) is 19.1 Å². The summed E-state index contributed by atoms with van der Waals surface area (Å²) < 4.78 is 12.2. The van der Waals surface area contributed by atoms with Gasteiger partial charge >= 0.3 is 0 Å². The number of rotatable bonds is 8. The average Bonchev–Trinajstić information content (AvgIpc) is 3.21. The number of benzene rings is 1. The highest BCUT2D eigenvalue weighted by Crippen LogP contribution is 2.47. The summed E-state index contributed by atoms with van der Waals surface area (Å²) in [6.07, 6.45) is 4.73. The van der Waals surface area contributed by atoms with Crippen molar-refractivity contribution in [2.24, 2.45) is 10.6 Å². The molecule has 1 aromatic carbocycles. The summed E-state index contributed by atoms with van der Waals surface area (Å²) in [5.74, 6) is 3.53. The first-order chi connectivity index (χ1) is 16.8. The maximum atomic E-state index is 9.68. The highest BCUT2D eigenvalue weighted by Gasteiger charge is 2.51. The van der Waals surface area contributed by atoms with Gasteiger partial charge in [-0.2, -0.15) is 0 Å². The number of ether oxygens (including phenoxy) is 2. The van der Waals surface area contributed by atoms with Crippen molar-refractivity contribution in [2.75, 3.05) is 39.4 Å². The van der Waals surface area contributed by atoms with Gasteiger partial charge in [-0.05, 0) is 63.1 Å². The van der Waals surface area contributed by atoms with Gasteiger partial charge in [-0.15, -0.1) is 0 Å². The first-order valence-corrected chi connectivity index (χ1v) is 13.4. The molecule has 1 aromatic rings. The third-order valence-electron chi connectivity index (χ3n) is 8.43. The van der Waals surface area contributed by atoms with E-state index >= 15 is 0 Å². The van der Waals surface area contributed by atoms with E-state index in [2.05, 4.69) is 27.1 Å². The molecule has 3 heterocycles. The highest BCUT2D eigenvalue weighted by molar-refractivity contribution is 5.84. The van der Waals surface area contributed by atoms with Crippen LogP contribution in [0.15, 0.2) is 17.3 Å². The van der Waals surface area contributed by atoms with Crippen molar-refractivity contribution in [2.45, 2.75) is 83.6 Å². The van der Waals surface area contributed by atoms with Gasteiger partial charge < -0.3 is 29.4 Å². The lowest BCUT2D eigenvalue weighted by molar-refractivity contribution is -0.143. The Labute approximate surface area is 208 Å². The van der Waals surface area contributed by atoms with Gasteiger partial charge in [0, 0.05) is 43.7 Å². The van der Waals surface area contributed by atoms with Crippen LogP contribution < -0.4 is 9.47 Å². The second-order valence-corrected chi connectivity index (χ2v) is 11.1. The number of aliphatic hydroxyl groups excluding tert-OH is 1. The fourth-order valence-corrected chi connectivity index (χ4v) is 5.91. The number of amidine groups is 1. The van der Waals surface area contributed by atoms with Gasteiger partial charge in [0.1, 0.15) is 17.3 Å². The quantitative estimate of drug-likeness (QED) is 0.543. The SMILES string of the molecule is CCOc1cc(CN2CC3(CC(N4CCC(C)(C(O)O)CC4)=NO3)C2)cc(OCC)c1C1CCC1. The minimum absolute atomic E-state index is 0.232. The van der Waals surface area contributed by atoms with Gasteiger partial charge in [-0.1, -0.05) is 18.5 Å². The van der Waals surface area contributed by atoms with Crippen LogP contribution in [0.5, 0.6) is 11.5 Å². The molecule has 8 nitrogen and oxygen atoms in total.